The third-order valence-corrected chi connectivity index (χ3v) is 5.94. The van der Waals surface area contributed by atoms with Gasteiger partial charge in [0.1, 0.15) is 5.82 Å². The second-order valence-electron chi connectivity index (χ2n) is 6.86. The Hall–Kier alpha value is -2.41. The molecule has 7 heteroatoms. The molecule has 0 bridgehead atoms. The van der Waals surface area contributed by atoms with Crippen molar-refractivity contribution in [3.05, 3.63) is 59.9 Å². The summed E-state index contributed by atoms with van der Waals surface area (Å²) < 4.78 is 38.5. The van der Waals surface area contributed by atoms with Gasteiger partial charge in [-0.3, -0.25) is 9.10 Å². The average molecular weight is 390 g/mol. The van der Waals surface area contributed by atoms with Crippen LogP contribution in [0.1, 0.15) is 25.3 Å². The van der Waals surface area contributed by atoms with Crippen molar-refractivity contribution in [3.63, 3.8) is 0 Å². The summed E-state index contributed by atoms with van der Waals surface area (Å²) in [6.45, 7) is 2.18. The highest BCUT2D eigenvalue weighted by Crippen LogP contribution is 2.32. The molecule has 1 atom stereocenters. The van der Waals surface area contributed by atoms with Crippen LogP contribution in [0.25, 0.3) is 0 Å². The highest BCUT2D eigenvalue weighted by Gasteiger charge is 2.30. The first-order chi connectivity index (χ1) is 12.8. The van der Waals surface area contributed by atoms with Gasteiger partial charge in [0, 0.05) is 24.7 Å². The molecule has 5 nitrogen and oxygen atoms in total. The molecule has 1 aliphatic rings. The van der Waals surface area contributed by atoms with Crippen LogP contribution in [0.2, 0.25) is 0 Å². The van der Waals surface area contributed by atoms with Gasteiger partial charge in [-0.1, -0.05) is 18.2 Å². The third kappa shape index (κ3) is 4.30. The molecule has 3 rings (SSSR count). The Balaban J connectivity index is 1.67. The molecule has 1 aliphatic heterocycles. The van der Waals surface area contributed by atoms with Gasteiger partial charge in [0.25, 0.3) is 0 Å². The number of hydrogen-bond acceptors (Lipinski definition) is 3. The van der Waals surface area contributed by atoms with E-state index in [1.807, 2.05) is 31.2 Å². The molecule has 144 valence electrons. The number of para-hydroxylation sites is 1. The van der Waals surface area contributed by atoms with E-state index < -0.39 is 15.8 Å². The van der Waals surface area contributed by atoms with E-state index >= 15 is 0 Å². The Labute approximate surface area is 159 Å². The van der Waals surface area contributed by atoms with Gasteiger partial charge in [-0.05, 0) is 55.7 Å². The number of halogens is 1. The first kappa shape index (κ1) is 19.4. The van der Waals surface area contributed by atoms with E-state index in [-0.39, 0.29) is 24.9 Å². The Kier molecular flexibility index (Phi) is 5.51. The highest BCUT2D eigenvalue weighted by molar-refractivity contribution is 7.92. The number of sulfonamides is 1. The van der Waals surface area contributed by atoms with Gasteiger partial charge in [-0.25, -0.2) is 12.8 Å². The lowest BCUT2D eigenvalue weighted by Crippen LogP contribution is -2.37. The molecule has 0 saturated carbocycles. The smallest absolute Gasteiger partial charge is 0.232 e. The number of hydrogen-bond donors (Lipinski definition) is 0. The second-order valence-corrected chi connectivity index (χ2v) is 8.77. The molecule has 0 spiro atoms. The predicted octanol–water partition coefficient (Wildman–Crippen LogP) is 3.35. The molecular weight excluding hydrogens is 367 g/mol. The number of rotatable bonds is 6. The van der Waals surface area contributed by atoms with Gasteiger partial charge in [0.15, 0.2) is 0 Å². The average Bonchev–Trinajstić information content (AvgIpc) is 2.94. The zero-order valence-corrected chi connectivity index (χ0v) is 16.2. The minimum Gasteiger partial charge on any atom is -0.309 e. The number of carbonyl (C=O) groups excluding carboxylic acids is 1. The molecule has 0 N–H and O–H groups in total. The van der Waals surface area contributed by atoms with E-state index in [0.717, 1.165) is 23.9 Å². The van der Waals surface area contributed by atoms with Crippen LogP contribution in [0, 0.1) is 5.82 Å². The van der Waals surface area contributed by atoms with Crippen molar-refractivity contribution in [2.24, 2.45) is 0 Å². The van der Waals surface area contributed by atoms with Gasteiger partial charge in [0.2, 0.25) is 15.9 Å². The van der Waals surface area contributed by atoms with Crippen LogP contribution >= 0.6 is 0 Å². The summed E-state index contributed by atoms with van der Waals surface area (Å²) in [5.74, 6) is -0.441. The number of carbonyl (C=O) groups is 1. The second kappa shape index (κ2) is 7.68. The number of anilines is 2. The number of fused-ring (bicyclic) bond motifs is 1. The Morgan fingerprint density at radius 3 is 2.52 bits per heavy atom. The van der Waals surface area contributed by atoms with E-state index in [4.69, 9.17) is 0 Å². The maximum atomic E-state index is 13.1. The molecule has 27 heavy (non-hydrogen) atoms. The molecule has 2 aromatic rings. The fourth-order valence-corrected chi connectivity index (χ4v) is 4.50. The van der Waals surface area contributed by atoms with Crippen LogP contribution in [0.5, 0.6) is 0 Å². The molecule has 1 amide bonds. The minimum atomic E-state index is -3.52. The number of amides is 1. The summed E-state index contributed by atoms with van der Waals surface area (Å²) in [7, 11) is -3.52. The standard InChI is InChI=1S/C20H23FN2O3S/c1-15-14-16-6-3-4-7-19(16)23(15)20(24)8-5-13-22(27(2,25)26)18-11-9-17(21)10-12-18/h3-4,6-7,9-12,15H,5,8,13-14H2,1-2H3. The van der Waals surface area contributed by atoms with Crippen LogP contribution in [0.3, 0.4) is 0 Å². The van der Waals surface area contributed by atoms with E-state index in [0.29, 0.717) is 12.1 Å². The Morgan fingerprint density at radius 2 is 1.85 bits per heavy atom. The van der Waals surface area contributed by atoms with Crippen molar-refractivity contribution < 1.29 is 17.6 Å². The zero-order chi connectivity index (χ0) is 19.6. The molecule has 0 radical (unpaired) electrons. The summed E-state index contributed by atoms with van der Waals surface area (Å²) in [5, 5.41) is 0. The normalized spacial score (nSPS) is 16.3. The van der Waals surface area contributed by atoms with Crippen LogP contribution < -0.4 is 9.21 Å². The van der Waals surface area contributed by atoms with Crippen molar-refractivity contribution >= 4 is 27.3 Å². The van der Waals surface area contributed by atoms with Crippen LogP contribution in [-0.4, -0.2) is 33.2 Å². The number of benzene rings is 2. The van der Waals surface area contributed by atoms with Crippen molar-refractivity contribution in [3.8, 4) is 0 Å². The SMILES string of the molecule is CC1Cc2ccccc2N1C(=O)CCCN(c1ccc(F)cc1)S(C)(=O)=O. The summed E-state index contributed by atoms with van der Waals surface area (Å²) in [5.41, 5.74) is 2.49. The summed E-state index contributed by atoms with van der Waals surface area (Å²) in [4.78, 5) is 14.5. The van der Waals surface area contributed by atoms with E-state index in [1.165, 1.54) is 28.6 Å². The molecule has 0 fully saturated rings. The molecule has 1 unspecified atom stereocenters. The van der Waals surface area contributed by atoms with Crippen molar-refractivity contribution in [1.29, 1.82) is 0 Å². The molecular formula is C20H23FN2O3S. The van der Waals surface area contributed by atoms with Gasteiger partial charge in [-0.2, -0.15) is 0 Å². The molecule has 0 saturated heterocycles. The van der Waals surface area contributed by atoms with Crippen molar-refractivity contribution in [2.45, 2.75) is 32.2 Å². The van der Waals surface area contributed by atoms with Gasteiger partial charge in [0.05, 0.1) is 11.9 Å². The van der Waals surface area contributed by atoms with E-state index in [1.54, 1.807) is 4.90 Å². The van der Waals surface area contributed by atoms with E-state index in [9.17, 15) is 17.6 Å². The molecule has 1 heterocycles. The zero-order valence-electron chi connectivity index (χ0n) is 15.4. The van der Waals surface area contributed by atoms with Gasteiger partial charge < -0.3 is 4.90 Å². The molecule has 0 aromatic heterocycles. The maximum Gasteiger partial charge on any atom is 0.232 e. The lowest BCUT2D eigenvalue weighted by Gasteiger charge is -2.25. The highest BCUT2D eigenvalue weighted by atomic mass is 32.2. The molecule has 2 aromatic carbocycles. The fourth-order valence-electron chi connectivity index (χ4n) is 3.53. The van der Waals surface area contributed by atoms with Crippen molar-refractivity contribution in [1.82, 2.24) is 0 Å². The lowest BCUT2D eigenvalue weighted by molar-refractivity contribution is -0.118. The number of nitrogens with zero attached hydrogens (tertiary/aromatic N) is 2. The Bertz CT molecular complexity index is 928. The lowest BCUT2D eigenvalue weighted by atomic mass is 10.1. The van der Waals surface area contributed by atoms with Gasteiger partial charge in [-0.15, -0.1) is 0 Å². The van der Waals surface area contributed by atoms with Crippen LogP contribution in [0.15, 0.2) is 48.5 Å². The van der Waals surface area contributed by atoms with Gasteiger partial charge >= 0.3 is 0 Å². The third-order valence-electron chi connectivity index (χ3n) is 4.74. The maximum absolute atomic E-state index is 13.1. The van der Waals surface area contributed by atoms with E-state index in [2.05, 4.69) is 0 Å². The monoisotopic (exact) mass is 390 g/mol. The Morgan fingerprint density at radius 1 is 1.19 bits per heavy atom. The van der Waals surface area contributed by atoms with Crippen LogP contribution in [0.4, 0.5) is 15.8 Å². The summed E-state index contributed by atoms with van der Waals surface area (Å²) in [6, 6.07) is 13.2. The minimum absolute atomic E-state index is 0.0139. The topological polar surface area (TPSA) is 57.7 Å². The summed E-state index contributed by atoms with van der Waals surface area (Å²) in [6.07, 6.45) is 2.56. The van der Waals surface area contributed by atoms with Crippen molar-refractivity contribution in [2.75, 3.05) is 22.0 Å². The fraction of sp³-hybridized carbons (Fsp3) is 0.350. The first-order valence-corrected chi connectivity index (χ1v) is 10.8. The summed E-state index contributed by atoms with van der Waals surface area (Å²) >= 11 is 0. The molecule has 0 aliphatic carbocycles. The largest absolute Gasteiger partial charge is 0.309 e. The quantitative estimate of drug-likeness (QED) is 0.760. The predicted molar refractivity (Wildman–Crippen MR) is 105 cm³/mol. The first-order valence-electron chi connectivity index (χ1n) is 8.90. The van der Waals surface area contributed by atoms with Crippen LogP contribution in [-0.2, 0) is 21.2 Å².